The number of hydrogen-bond donors (Lipinski definition) is 0. The maximum absolute atomic E-state index is 15.8. The second-order valence-corrected chi connectivity index (χ2v) is 7.68. The van der Waals surface area contributed by atoms with Gasteiger partial charge in [-0.15, -0.1) is 0 Å². The molecule has 1 aliphatic heterocycles. The molecular weight excluding hydrogens is 389 g/mol. The molecule has 8 heteroatoms. The number of benzene rings is 2. The van der Waals surface area contributed by atoms with Crippen molar-refractivity contribution in [2.45, 2.75) is 31.2 Å². The number of imidazole rings is 1. The van der Waals surface area contributed by atoms with Crippen LogP contribution in [0.4, 0.5) is 22.0 Å². The van der Waals surface area contributed by atoms with Crippen LogP contribution in [-0.2, 0) is 25.4 Å². The second-order valence-electron chi connectivity index (χ2n) is 7.68. The number of hydrogen-bond acceptors (Lipinski definition) is 2. The van der Waals surface area contributed by atoms with Crippen molar-refractivity contribution >= 4 is 11.0 Å². The minimum absolute atomic E-state index is 0.0359. The number of nitrogens with zero attached hydrogens (tertiary/aromatic N) is 3. The summed E-state index contributed by atoms with van der Waals surface area (Å²) in [4.78, 5) is 5.98. The van der Waals surface area contributed by atoms with Gasteiger partial charge in [-0.05, 0) is 60.8 Å². The van der Waals surface area contributed by atoms with E-state index in [1.165, 1.54) is 0 Å². The predicted molar refractivity (Wildman–Crippen MR) is 99.4 cm³/mol. The Morgan fingerprint density at radius 3 is 2.69 bits per heavy atom. The van der Waals surface area contributed by atoms with Crippen LogP contribution in [-0.4, -0.2) is 27.5 Å². The minimum atomic E-state index is -4.62. The Kier molecular flexibility index (Phi) is 4.85. The van der Waals surface area contributed by atoms with Gasteiger partial charge in [0, 0.05) is 20.1 Å². The van der Waals surface area contributed by atoms with E-state index in [2.05, 4.69) is 4.98 Å². The summed E-state index contributed by atoms with van der Waals surface area (Å²) in [5.74, 6) is -0.944. The molecule has 29 heavy (non-hydrogen) atoms. The maximum Gasteiger partial charge on any atom is 0.416 e. The average molecular weight is 409 g/mol. The molecule has 0 bridgehead atoms. The van der Waals surface area contributed by atoms with Crippen molar-refractivity contribution < 1.29 is 22.0 Å². The first-order valence-electron chi connectivity index (χ1n) is 9.34. The fourth-order valence-corrected chi connectivity index (χ4v) is 4.03. The molecule has 1 atom stereocenters. The van der Waals surface area contributed by atoms with Crippen LogP contribution >= 0.6 is 0 Å². The van der Waals surface area contributed by atoms with Crippen molar-refractivity contribution in [3.8, 4) is 0 Å². The van der Waals surface area contributed by atoms with E-state index in [9.17, 15) is 17.6 Å². The Hall–Kier alpha value is -2.48. The molecule has 1 saturated heterocycles. The van der Waals surface area contributed by atoms with E-state index >= 15 is 4.39 Å². The van der Waals surface area contributed by atoms with Crippen LogP contribution in [0.15, 0.2) is 42.7 Å². The van der Waals surface area contributed by atoms with E-state index in [1.807, 2.05) is 11.6 Å². The number of piperidine rings is 1. The Labute approximate surface area is 164 Å². The van der Waals surface area contributed by atoms with Crippen molar-refractivity contribution in [1.82, 2.24) is 14.5 Å². The lowest BCUT2D eigenvalue weighted by atomic mass is 9.87. The zero-order valence-corrected chi connectivity index (χ0v) is 15.8. The van der Waals surface area contributed by atoms with E-state index in [0.29, 0.717) is 31.0 Å². The summed E-state index contributed by atoms with van der Waals surface area (Å²) < 4.78 is 70.2. The normalized spacial score (nSPS) is 21.0. The molecule has 1 unspecified atom stereocenters. The first-order valence-corrected chi connectivity index (χ1v) is 9.34. The number of aromatic nitrogens is 2. The van der Waals surface area contributed by atoms with Gasteiger partial charge in [-0.25, -0.2) is 13.8 Å². The third-order valence-corrected chi connectivity index (χ3v) is 5.46. The van der Waals surface area contributed by atoms with Gasteiger partial charge in [0.15, 0.2) is 0 Å². The van der Waals surface area contributed by atoms with Gasteiger partial charge in [-0.1, -0.05) is 6.07 Å². The Balaban J connectivity index is 1.58. The van der Waals surface area contributed by atoms with E-state index < -0.39 is 23.2 Å². The standard InChI is InChI=1S/C21H20F5N3/c1-28-13-27-18-4-3-15(10-19(18)28)20(23)5-2-6-29(12-20)11-14-7-16(21(24,25)26)9-17(22)8-14/h3-4,7-10,13H,2,5-6,11-12H2,1H3. The molecule has 1 aliphatic rings. The van der Waals surface area contributed by atoms with Gasteiger partial charge in [-0.2, -0.15) is 13.2 Å². The van der Waals surface area contributed by atoms with Gasteiger partial charge in [0.1, 0.15) is 11.5 Å². The van der Waals surface area contributed by atoms with Gasteiger partial charge in [-0.3, -0.25) is 4.90 Å². The molecular formula is C21H20F5N3. The molecule has 0 radical (unpaired) electrons. The summed E-state index contributed by atoms with van der Waals surface area (Å²) in [7, 11) is 1.83. The largest absolute Gasteiger partial charge is 0.416 e. The number of halogens is 5. The molecule has 0 aliphatic carbocycles. The van der Waals surface area contributed by atoms with Gasteiger partial charge in [0.25, 0.3) is 0 Å². The van der Waals surface area contributed by atoms with Gasteiger partial charge in [0.2, 0.25) is 0 Å². The number of alkyl halides is 4. The molecule has 1 aromatic heterocycles. The molecule has 3 aromatic rings. The van der Waals surface area contributed by atoms with E-state index in [4.69, 9.17) is 0 Å². The van der Waals surface area contributed by atoms with Crippen LogP contribution < -0.4 is 0 Å². The van der Waals surface area contributed by atoms with Crippen LogP contribution in [0.1, 0.15) is 29.5 Å². The highest BCUT2D eigenvalue weighted by Gasteiger charge is 2.38. The van der Waals surface area contributed by atoms with Crippen LogP contribution in [0, 0.1) is 5.82 Å². The van der Waals surface area contributed by atoms with E-state index in [1.54, 1.807) is 29.4 Å². The van der Waals surface area contributed by atoms with Crippen molar-refractivity contribution in [3.63, 3.8) is 0 Å². The van der Waals surface area contributed by atoms with Crippen molar-refractivity contribution in [1.29, 1.82) is 0 Å². The first-order chi connectivity index (χ1) is 13.6. The second kappa shape index (κ2) is 7.09. The van der Waals surface area contributed by atoms with Gasteiger partial charge >= 0.3 is 6.18 Å². The fraction of sp³-hybridized carbons (Fsp3) is 0.381. The van der Waals surface area contributed by atoms with E-state index in [-0.39, 0.29) is 18.7 Å². The van der Waals surface area contributed by atoms with Gasteiger partial charge < -0.3 is 4.57 Å². The fourth-order valence-electron chi connectivity index (χ4n) is 4.03. The Morgan fingerprint density at radius 2 is 1.93 bits per heavy atom. The molecule has 2 aromatic carbocycles. The molecule has 154 valence electrons. The molecule has 3 nitrogen and oxygen atoms in total. The number of fused-ring (bicyclic) bond motifs is 1. The summed E-state index contributed by atoms with van der Waals surface area (Å²) in [6, 6.07) is 7.73. The van der Waals surface area contributed by atoms with Crippen LogP contribution in [0.3, 0.4) is 0 Å². The molecule has 0 spiro atoms. The quantitative estimate of drug-likeness (QED) is 0.555. The molecule has 0 amide bonds. The zero-order valence-electron chi connectivity index (χ0n) is 15.8. The maximum atomic E-state index is 15.8. The number of likely N-dealkylation sites (tertiary alicyclic amines) is 1. The van der Waals surface area contributed by atoms with Crippen LogP contribution in [0.2, 0.25) is 0 Å². The first kappa shape index (κ1) is 19.8. The zero-order chi connectivity index (χ0) is 20.8. The molecule has 1 fully saturated rings. The molecule has 0 N–H and O–H groups in total. The smallest absolute Gasteiger partial charge is 0.334 e. The highest BCUT2D eigenvalue weighted by molar-refractivity contribution is 5.76. The average Bonchev–Trinajstić information content (AvgIpc) is 3.01. The summed E-state index contributed by atoms with van der Waals surface area (Å²) in [6.07, 6.45) is -2.08. The highest BCUT2D eigenvalue weighted by Crippen LogP contribution is 2.37. The van der Waals surface area contributed by atoms with E-state index in [0.717, 1.165) is 23.2 Å². The molecule has 2 heterocycles. The third kappa shape index (κ3) is 3.99. The van der Waals surface area contributed by atoms with Crippen LogP contribution in [0.25, 0.3) is 11.0 Å². The van der Waals surface area contributed by atoms with Crippen molar-refractivity contribution in [2.24, 2.45) is 7.05 Å². The summed E-state index contributed by atoms with van der Waals surface area (Å²) >= 11 is 0. The SMILES string of the molecule is Cn1cnc2ccc(C3(F)CCCN(Cc4cc(F)cc(C(F)(F)F)c4)C3)cc21. The monoisotopic (exact) mass is 409 g/mol. The summed E-state index contributed by atoms with van der Waals surface area (Å²) in [6.45, 7) is 0.631. The van der Waals surface area contributed by atoms with Crippen molar-refractivity contribution in [3.05, 3.63) is 65.2 Å². The molecule has 0 saturated carbocycles. The lowest BCUT2D eigenvalue weighted by Gasteiger charge is -2.38. The lowest BCUT2D eigenvalue weighted by Crippen LogP contribution is -2.43. The molecule has 4 rings (SSSR count). The topological polar surface area (TPSA) is 21.1 Å². The third-order valence-electron chi connectivity index (χ3n) is 5.46. The van der Waals surface area contributed by atoms with Crippen LogP contribution in [0.5, 0.6) is 0 Å². The van der Waals surface area contributed by atoms with Crippen molar-refractivity contribution in [2.75, 3.05) is 13.1 Å². The Bertz CT molecular complexity index is 1040. The lowest BCUT2D eigenvalue weighted by molar-refractivity contribution is -0.137. The number of aryl methyl sites for hydroxylation is 1. The van der Waals surface area contributed by atoms with Gasteiger partial charge in [0.05, 0.1) is 22.9 Å². The Morgan fingerprint density at radius 1 is 1.14 bits per heavy atom. The number of rotatable bonds is 3. The summed E-state index contributed by atoms with van der Waals surface area (Å²) in [5, 5.41) is 0. The summed E-state index contributed by atoms with van der Waals surface area (Å²) in [5.41, 5.74) is -0.366. The highest BCUT2D eigenvalue weighted by atomic mass is 19.4. The predicted octanol–water partition coefficient (Wildman–Crippen LogP) is 5.19. The minimum Gasteiger partial charge on any atom is -0.334 e.